The average Bonchev–Trinajstić information content (AvgIpc) is 2.51. The number of nitrogens with one attached hydrogen (secondary N) is 2. The van der Waals surface area contributed by atoms with E-state index in [1.54, 1.807) is 18.2 Å². The minimum Gasteiger partial charge on any atom is -0.321 e. The number of benzene rings is 2. The maximum atomic E-state index is 12.3. The van der Waals surface area contributed by atoms with Crippen LogP contribution >= 0.6 is 22.6 Å². The molecule has 0 atom stereocenters. The first-order valence-corrected chi connectivity index (χ1v) is 7.82. The number of rotatable bonds is 2. The number of H-pyrrole nitrogens is 1. The molecule has 0 fully saturated rings. The van der Waals surface area contributed by atoms with Crippen LogP contribution in [0.3, 0.4) is 0 Å². The fraction of sp³-hybridized carbons (Fsp3) is 0.0588. The highest BCUT2D eigenvalue weighted by molar-refractivity contribution is 14.1. The Balaban J connectivity index is 1.95. The predicted molar refractivity (Wildman–Crippen MR) is 96.4 cm³/mol. The predicted octanol–water partition coefficient (Wildman–Crippen LogP) is 3.69. The number of aromatic nitrogens is 1. The van der Waals surface area contributed by atoms with E-state index >= 15 is 0 Å². The molecule has 0 bridgehead atoms. The van der Waals surface area contributed by atoms with E-state index in [1.807, 2.05) is 37.3 Å². The molecule has 0 saturated heterocycles. The normalized spacial score (nSPS) is 10.6. The van der Waals surface area contributed by atoms with E-state index in [9.17, 15) is 9.59 Å². The number of hydrogen-bond acceptors (Lipinski definition) is 2. The number of carbonyl (C=O) groups is 1. The van der Waals surface area contributed by atoms with Gasteiger partial charge in [0.15, 0.2) is 0 Å². The Bertz CT molecular complexity index is 931. The van der Waals surface area contributed by atoms with Crippen molar-refractivity contribution in [3.05, 3.63) is 73.7 Å². The van der Waals surface area contributed by atoms with Crippen molar-refractivity contribution in [2.24, 2.45) is 0 Å². The van der Waals surface area contributed by atoms with Crippen LogP contribution in [0.5, 0.6) is 0 Å². The van der Waals surface area contributed by atoms with E-state index in [0.29, 0.717) is 11.1 Å². The van der Waals surface area contributed by atoms with Crippen molar-refractivity contribution in [2.45, 2.75) is 6.92 Å². The Hall–Kier alpha value is -2.15. The molecule has 2 aromatic carbocycles. The molecule has 1 amide bonds. The van der Waals surface area contributed by atoms with Crippen LogP contribution in [-0.4, -0.2) is 10.9 Å². The number of fused-ring (bicyclic) bond motifs is 1. The molecule has 0 aliphatic heterocycles. The van der Waals surface area contributed by atoms with Crippen LogP contribution in [-0.2, 0) is 0 Å². The smallest absolute Gasteiger partial charge is 0.272 e. The van der Waals surface area contributed by atoms with Crippen LogP contribution < -0.4 is 10.9 Å². The van der Waals surface area contributed by atoms with Gasteiger partial charge in [-0.1, -0.05) is 24.3 Å². The molecule has 3 rings (SSSR count). The molecule has 110 valence electrons. The highest BCUT2D eigenvalue weighted by atomic mass is 127. The van der Waals surface area contributed by atoms with Gasteiger partial charge in [0.1, 0.15) is 5.69 Å². The van der Waals surface area contributed by atoms with Crippen LogP contribution in [0.2, 0.25) is 0 Å². The highest BCUT2D eigenvalue weighted by Gasteiger charge is 2.10. The molecule has 0 radical (unpaired) electrons. The largest absolute Gasteiger partial charge is 0.321 e. The summed E-state index contributed by atoms with van der Waals surface area (Å²) < 4.78 is 1.07. The van der Waals surface area contributed by atoms with Gasteiger partial charge in [-0.25, -0.2) is 0 Å². The fourth-order valence-corrected chi connectivity index (χ4v) is 2.72. The molecule has 22 heavy (non-hydrogen) atoms. The molecule has 3 aromatic rings. The van der Waals surface area contributed by atoms with Crippen molar-refractivity contribution in [2.75, 3.05) is 5.32 Å². The van der Waals surface area contributed by atoms with Crippen molar-refractivity contribution in [3.8, 4) is 0 Å². The molecule has 5 heteroatoms. The second-order valence-corrected chi connectivity index (χ2v) is 6.18. The lowest BCUT2D eigenvalue weighted by Crippen LogP contribution is -2.19. The molecule has 0 aliphatic rings. The molecule has 0 spiro atoms. The van der Waals surface area contributed by atoms with Crippen molar-refractivity contribution >= 4 is 45.0 Å². The van der Waals surface area contributed by atoms with Crippen LogP contribution in [0.1, 0.15) is 16.1 Å². The summed E-state index contributed by atoms with van der Waals surface area (Å²) in [4.78, 5) is 27.0. The monoisotopic (exact) mass is 404 g/mol. The summed E-state index contributed by atoms with van der Waals surface area (Å²) in [5, 5.41) is 4.12. The third-order valence-electron chi connectivity index (χ3n) is 3.43. The standard InChI is InChI=1S/C17H13IN2O2/c1-10-6-7-12(9-14(10)18)19-17(22)15-8-11-4-2-3-5-13(11)16(21)20-15/h2-9H,1H3,(H,19,22)(H,20,21). The highest BCUT2D eigenvalue weighted by Crippen LogP contribution is 2.18. The first-order valence-electron chi connectivity index (χ1n) is 6.74. The molecule has 1 heterocycles. The molecule has 0 unspecified atom stereocenters. The zero-order valence-corrected chi connectivity index (χ0v) is 14.0. The third kappa shape index (κ3) is 2.89. The van der Waals surface area contributed by atoms with Crippen molar-refractivity contribution < 1.29 is 4.79 Å². The first kappa shape index (κ1) is 14.8. The number of carbonyl (C=O) groups excluding carboxylic acids is 1. The summed E-state index contributed by atoms with van der Waals surface area (Å²) in [6.07, 6.45) is 0. The van der Waals surface area contributed by atoms with E-state index < -0.39 is 0 Å². The van der Waals surface area contributed by atoms with Gasteiger partial charge in [-0.3, -0.25) is 9.59 Å². The Morgan fingerprint density at radius 3 is 2.68 bits per heavy atom. The fourth-order valence-electron chi connectivity index (χ4n) is 2.20. The van der Waals surface area contributed by atoms with E-state index in [0.717, 1.165) is 14.5 Å². The van der Waals surface area contributed by atoms with Crippen LogP contribution in [0.25, 0.3) is 10.8 Å². The SMILES string of the molecule is Cc1ccc(NC(=O)c2cc3ccccc3c(=O)[nH]2)cc1I. The van der Waals surface area contributed by atoms with E-state index in [-0.39, 0.29) is 17.2 Å². The second-order valence-electron chi connectivity index (χ2n) is 5.02. The lowest BCUT2D eigenvalue weighted by molar-refractivity contribution is 0.102. The minimum absolute atomic E-state index is 0.249. The van der Waals surface area contributed by atoms with Crippen molar-refractivity contribution in [3.63, 3.8) is 0 Å². The average molecular weight is 404 g/mol. The van der Waals surface area contributed by atoms with E-state index in [4.69, 9.17) is 0 Å². The van der Waals surface area contributed by atoms with Crippen molar-refractivity contribution in [1.29, 1.82) is 0 Å². The van der Waals surface area contributed by atoms with E-state index in [2.05, 4.69) is 32.9 Å². The number of pyridine rings is 1. The Morgan fingerprint density at radius 1 is 1.14 bits per heavy atom. The summed E-state index contributed by atoms with van der Waals surface area (Å²) in [6, 6.07) is 14.6. The number of anilines is 1. The van der Waals surface area contributed by atoms with Crippen molar-refractivity contribution in [1.82, 2.24) is 4.98 Å². The molecular weight excluding hydrogens is 391 g/mol. The van der Waals surface area contributed by atoms with Gasteiger partial charge in [0, 0.05) is 14.6 Å². The van der Waals surface area contributed by atoms with Crippen LogP contribution in [0.15, 0.2) is 53.3 Å². The Labute approximate surface area is 140 Å². The van der Waals surface area contributed by atoms with Gasteiger partial charge in [0.25, 0.3) is 11.5 Å². The second kappa shape index (κ2) is 5.92. The summed E-state index contributed by atoms with van der Waals surface area (Å²) in [7, 11) is 0. The summed E-state index contributed by atoms with van der Waals surface area (Å²) in [6.45, 7) is 2.01. The zero-order chi connectivity index (χ0) is 15.7. The summed E-state index contributed by atoms with van der Waals surface area (Å²) in [5.74, 6) is -0.331. The van der Waals surface area contributed by atoms with Gasteiger partial charge in [-0.2, -0.15) is 0 Å². The molecule has 1 aromatic heterocycles. The molecule has 4 nitrogen and oxygen atoms in total. The van der Waals surface area contributed by atoms with E-state index in [1.165, 1.54) is 0 Å². The van der Waals surface area contributed by atoms with Gasteiger partial charge in [-0.05, 0) is 64.7 Å². The minimum atomic E-state index is -0.331. The Morgan fingerprint density at radius 2 is 1.91 bits per heavy atom. The maximum Gasteiger partial charge on any atom is 0.272 e. The molecule has 2 N–H and O–H groups in total. The Kier molecular flexibility index (Phi) is 3.98. The quantitative estimate of drug-likeness (QED) is 0.640. The zero-order valence-electron chi connectivity index (χ0n) is 11.8. The van der Waals surface area contributed by atoms with Gasteiger partial charge in [0.05, 0.1) is 0 Å². The molecular formula is C17H13IN2O2. The summed E-state index contributed by atoms with van der Waals surface area (Å²) >= 11 is 2.22. The molecule has 0 saturated carbocycles. The first-order chi connectivity index (χ1) is 10.5. The number of amides is 1. The summed E-state index contributed by atoms with van der Waals surface area (Å²) in [5.41, 5.74) is 1.84. The van der Waals surface area contributed by atoms with Gasteiger partial charge < -0.3 is 10.3 Å². The lowest BCUT2D eigenvalue weighted by Gasteiger charge is -2.08. The van der Waals surface area contributed by atoms with Crippen LogP contribution in [0, 0.1) is 10.5 Å². The third-order valence-corrected chi connectivity index (χ3v) is 4.59. The topological polar surface area (TPSA) is 62.0 Å². The number of aryl methyl sites for hydroxylation is 1. The molecule has 0 aliphatic carbocycles. The van der Waals surface area contributed by atoms with Crippen LogP contribution in [0.4, 0.5) is 5.69 Å². The lowest BCUT2D eigenvalue weighted by atomic mass is 10.1. The van der Waals surface area contributed by atoms with Gasteiger partial charge >= 0.3 is 0 Å². The maximum absolute atomic E-state index is 12.3. The van der Waals surface area contributed by atoms with Gasteiger partial charge in [-0.15, -0.1) is 0 Å². The number of aromatic amines is 1. The number of hydrogen-bond donors (Lipinski definition) is 2. The number of halogens is 1. The van der Waals surface area contributed by atoms with Gasteiger partial charge in [0.2, 0.25) is 0 Å².